The highest BCUT2D eigenvalue weighted by atomic mass is 32.2. The van der Waals surface area contributed by atoms with Gasteiger partial charge < -0.3 is 10.0 Å². The third-order valence-corrected chi connectivity index (χ3v) is 6.16. The normalized spacial score (nSPS) is 13.0. The Labute approximate surface area is 166 Å². The molecule has 1 aliphatic heterocycles. The van der Waals surface area contributed by atoms with Gasteiger partial charge in [0.2, 0.25) is 0 Å². The first-order valence-electron chi connectivity index (χ1n) is 8.82. The predicted molar refractivity (Wildman–Crippen MR) is 110 cm³/mol. The lowest BCUT2D eigenvalue weighted by molar-refractivity contribution is 0.0994. The molecule has 29 heavy (non-hydrogen) atoms. The molecule has 8 nitrogen and oxygen atoms in total. The number of hydrogen-bond donors (Lipinski definition) is 3. The lowest BCUT2D eigenvalue weighted by Gasteiger charge is -2.16. The van der Waals surface area contributed by atoms with Crippen molar-refractivity contribution < 1.29 is 23.1 Å². The van der Waals surface area contributed by atoms with E-state index in [1.165, 1.54) is 30.3 Å². The summed E-state index contributed by atoms with van der Waals surface area (Å²) in [5, 5.41) is 12.1. The second-order valence-corrected chi connectivity index (χ2v) is 8.13. The molecule has 1 heterocycles. The summed E-state index contributed by atoms with van der Waals surface area (Å²) in [7, 11) is -3.99. The smallest absolute Gasteiger partial charge is 0.409 e. The number of anilines is 3. The third kappa shape index (κ3) is 3.15. The maximum atomic E-state index is 13.1. The van der Waals surface area contributed by atoms with Gasteiger partial charge in [0.05, 0.1) is 16.3 Å². The first-order chi connectivity index (χ1) is 13.8. The molecule has 0 radical (unpaired) electrons. The Bertz CT molecular complexity index is 1270. The summed E-state index contributed by atoms with van der Waals surface area (Å²) < 4.78 is 28.6. The summed E-state index contributed by atoms with van der Waals surface area (Å²) in [6.45, 7) is 2.34. The molecule has 0 fully saturated rings. The summed E-state index contributed by atoms with van der Waals surface area (Å²) in [5.74, 6) is -0.150. The van der Waals surface area contributed by atoms with E-state index in [9.17, 15) is 18.0 Å². The molecule has 1 aliphatic rings. The molecule has 0 saturated carbocycles. The number of rotatable bonds is 5. The molecule has 3 N–H and O–H groups in total. The average molecular weight is 411 g/mol. The minimum atomic E-state index is -3.99. The minimum Gasteiger partial charge on any atom is -0.465 e. The maximum absolute atomic E-state index is 13.1. The Morgan fingerprint density at radius 2 is 1.79 bits per heavy atom. The quantitative estimate of drug-likeness (QED) is 0.592. The second kappa shape index (κ2) is 6.78. The van der Waals surface area contributed by atoms with Gasteiger partial charge in [0.1, 0.15) is 0 Å². The number of carboxylic acid groups (broad SMARTS) is 1. The van der Waals surface area contributed by atoms with Crippen LogP contribution in [0.25, 0.3) is 10.8 Å². The number of nitrogens with zero attached hydrogens (tertiary/aromatic N) is 1. The molecule has 0 aliphatic carbocycles. The zero-order chi connectivity index (χ0) is 20.8. The van der Waals surface area contributed by atoms with E-state index in [2.05, 4.69) is 10.0 Å². The van der Waals surface area contributed by atoms with E-state index in [0.29, 0.717) is 28.6 Å². The van der Waals surface area contributed by atoms with Gasteiger partial charge in [0.25, 0.3) is 15.9 Å². The topological polar surface area (TPSA) is 116 Å². The van der Waals surface area contributed by atoms with Crippen molar-refractivity contribution in [3.05, 3.63) is 60.2 Å². The second-order valence-electron chi connectivity index (χ2n) is 6.48. The molecule has 2 amide bonds. The summed E-state index contributed by atoms with van der Waals surface area (Å²) >= 11 is 0. The van der Waals surface area contributed by atoms with E-state index in [0.717, 1.165) is 0 Å². The van der Waals surface area contributed by atoms with Crippen molar-refractivity contribution in [3.8, 4) is 0 Å². The lowest BCUT2D eigenvalue weighted by atomic mass is 10.1. The number of carbonyl (C=O) groups is 2. The van der Waals surface area contributed by atoms with Gasteiger partial charge in [-0.15, -0.1) is 0 Å². The van der Waals surface area contributed by atoms with Crippen molar-refractivity contribution in [1.29, 1.82) is 0 Å². The van der Waals surface area contributed by atoms with E-state index in [-0.39, 0.29) is 22.2 Å². The number of carbonyl (C=O) groups excluding carboxylic acids is 1. The zero-order valence-corrected chi connectivity index (χ0v) is 16.2. The van der Waals surface area contributed by atoms with E-state index in [4.69, 9.17) is 5.11 Å². The van der Waals surface area contributed by atoms with Crippen LogP contribution in [0.4, 0.5) is 21.9 Å². The maximum Gasteiger partial charge on any atom is 0.409 e. The van der Waals surface area contributed by atoms with E-state index in [1.54, 1.807) is 29.2 Å². The molecule has 0 aromatic heterocycles. The largest absolute Gasteiger partial charge is 0.465 e. The monoisotopic (exact) mass is 411 g/mol. The highest BCUT2D eigenvalue weighted by Gasteiger charge is 2.31. The SMILES string of the molecule is CCN1C(=O)c2cccc3c(S(=O)(=O)Nc4cccc(NC(=O)O)c4)ccc1c23. The van der Waals surface area contributed by atoms with Crippen molar-refractivity contribution in [2.45, 2.75) is 11.8 Å². The molecular weight excluding hydrogens is 394 g/mol. The molecular formula is C20H17N3O5S. The highest BCUT2D eigenvalue weighted by Crippen LogP contribution is 2.40. The summed E-state index contributed by atoms with van der Waals surface area (Å²) in [6, 6.07) is 14.1. The molecule has 0 bridgehead atoms. The van der Waals surface area contributed by atoms with Crippen LogP contribution in [0.2, 0.25) is 0 Å². The van der Waals surface area contributed by atoms with Crippen LogP contribution in [-0.4, -0.2) is 32.1 Å². The van der Waals surface area contributed by atoms with Crippen LogP contribution in [0.1, 0.15) is 17.3 Å². The van der Waals surface area contributed by atoms with Crippen LogP contribution in [0, 0.1) is 0 Å². The van der Waals surface area contributed by atoms with Gasteiger partial charge in [-0.3, -0.25) is 14.8 Å². The number of amides is 2. The van der Waals surface area contributed by atoms with Crippen LogP contribution in [0.5, 0.6) is 0 Å². The van der Waals surface area contributed by atoms with Gasteiger partial charge in [-0.05, 0) is 43.3 Å². The van der Waals surface area contributed by atoms with Gasteiger partial charge in [-0.2, -0.15) is 0 Å². The first-order valence-corrected chi connectivity index (χ1v) is 10.3. The fourth-order valence-electron chi connectivity index (χ4n) is 3.56. The Hall–Kier alpha value is -3.59. The average Bonchev–Trinajstić information content (AvgIpc) is 2.94. The van der Waals surface area contributed by atoms with Crippen LogP contribution < -0.4 is 14.9 Å². The fourth-order valence-corrected chi connectivity index (χ4v) is 4.82. The van der Waals surface area contributed by atoms with Gasteiger partial charge in [0, 0.05) is 28.6 Å². The summed E-state index contributed by atoms with van der Waals surface area (Å²) in [5.41, 5.74) is 1.62. The van der Waals surface area contributed by atoms with Crippen molar-refractivity contribution in [1.82, 2.24) is 0 Å². The number of sulfonamides is 1. The lowest BCUT2D eigenvalue weighted by Crippen LogP contribution is -2.25. The first kappa shape index (κ1) is 18.8. The van der Waals surface area contributed by atoms with Crippen LogP contribution >= 0.6 is 0 Å². The van der Waals surface area contributed by atoms with Crippen LogP contribution in [0.3, 0.4) is 0 Å². The van der Waals surface area contributed by atoms with E-state index in [1.807, 2.05) is 6.92 Å². The van der Waals surface area contributed by atoms with Gasteiger partial charge in [0.15, 0.2) is 0 Å². The number of nitrogens with one attached hydrogen (secondary N) is 2. The Balaban J connectivity index is 1.79. The van der Waals surface area contributed by atoms with E-state index < -0.39 is 16.1 Å². The molecule has 0 atom stereocenters. The highest BCUT2D eigenvalue weighted by molar-refractivity contribution is 7.93. The molecule has 0 saturated heterocycles. The van der Waals surface area contributed by atoms with Gasteiger partial charge >= 0.3 is 6.09 Å². The molecule has 148 valence electrons. The number of benzene rings is 3. The van der Waals surface area contributed by atoms with Gasteiger partial charge in [-0.25, -0.2) is 13.2 Å². The van der Waals surface area contributed by atoms with Gasteiger partial charge in [-0.1, -0.05) is 18.2 Å². The molecule has 9 heteroatoms. The van der Waals surface area contributed by atoms with Crippen molar-refractivity contribution in [2.24, 2.45) is 0 Å². The third-order valence-electron chi connectivity index (χ3n) is 4.72. The molecule has 3 aromatic rings. The Morgan fingerprint density at radius 3 is 2.52 bits per heavy atom. The Kier molecular flexibility index (Phi) is 4.39. The van der Waals surface area contributed by atoms with Crippen LogP contribution in [-0.2, 0) is 10.0 Å². The fraction of sp³-hybridized carbons (Fsp3) is 0.100. The molecule has 3 aromatic carbocycles. The van der Waals surface area contributed by atoms with Crippen LogP contribution in [0.15, 0.2) is 59.5 Å². The van der Waals surface area contributed by atoms with Crippen molar-refractivity contribution in [2.75, 3.05) is 21.5 Å². The predicted octanol–water partition coefficient (Wildman–Crippen LogP) is 3.71. The Morgan fingerprint density at radius 1 is 1.07 bits per heavy atom. The van der Waals surface area contributed by atoms with E-state index >= 15 is 0 Å². The van der Waals surface area contributed by atoms with Crippen molar-refractivity contribution in [3.63, 3.8) is 0 Å². The minimum absolute atomic E-state index is 0.0421. The summed E-state index contributed by atoms with van der Waals surface area (Å²) in [6.07, 6.45) is -1.25. The molecule has 0 unspecified atom stereocenters. The standard InChI is InChI=1S/C20H17N3O5S/c1-2-23-16-9-10-17(14-7-4-8-15(18(14)16)19(23)24)29(27,28)22-13-6-3-5-12(11-13)21-20(25)26/h3-11,21-22H,2H2,1H3,(H,25,26). The van der Waals surface area contributed by atoms with Crippen molar-refractivity contribution >= 4 is 49.9 Å². The molecule has 0 spiro atoms. The zero-order valence-electron chi connectivity index (χ0n) is 15.3. The molecule has 4 rings (SSSR count). The summed E-state index contributed by atoms with van der Waals surface area (Å²) in [4.78, 5) is 25.0. The number of hydrogen-bond acceptors (Lipinski definition) is 4.